The average Bonchev–Trinajstić information content (AvgIpc) is 3.31. The van der Waals surface area contributed by atoms with Gasteiger partial charge in [-0.05, 0) is 38.5 Å². The van der Waals surface area contributed by atoms with Gasteiger partial charge >= 0.3 is 19.4 Å². The van der Waals surface area contributed by atoms with E-state index in [1.165, 1.54) is 35.9 Å². The fraction of sp³-hybridized carbons (Fsp3) is 0.500. The second-order valence-electron chi connectivity index (χ2n) is 8.16. The summed E-state index contributed by atoms with van der Waals surface area (Å²) in [5, 5.41) is 2.94. The van der Waals surface area contributed by atoms with Gasteiger partial charge in [-0.15, -0.1) is 0 Å². The Kier molecular flexibility index (Phi) is 10.4. The van der Waals surface area contributed by atoms with Crippen molar-refractivity contribution in [3.8, 4) is 5.75 Å². The first-order valence-corrected chi connectivity index (χ1v) is 13.7. The highest BCUT2D eigenvalue weighted by Gasteiger charge is 2.36. The highest BCUT2D eigenvalue weighted by molar-refractivity contribution is 7.52. The number of nitrogens with zero attached hydrogens (tertiary/aromatic N) is 1. The molecule has 0 radical (unpaired) electrons. The number of aryl methyl sites for hydroxylation is 1. The Morgan fingerprint density at radius 2 is 2.11 bits per heavy atom. The molecule has 15 heteroatoms. The molecule has 0 bridgehead atoms. The zero-order chi connectivity index (χ0) is 27.2. The van der Waals surface area contributed by atoms with E-state index in [0.717, 1.165) is 6.42 Å². The molecule has 4 atom stereocenters. The van der Waals surface area contributed by atoms with Crippen LogP contribution >= 0.6 is 30.9 Å². The van der Waals surface area contributed by atoms with E-state index in [1.807, 2.05) is 6.92 Å². The van der Waals surface area contributed by atoms with Gasteiger partial charge in [-0.25, -0.2) is 9.36 Å². The summed E-state index contributed by atoms with van der Waals surface area (Å²) >= 11 is 12.1. The number of unbranched alkanes of at least 4 members (excludes halogenated alkanes) is 1. The minimum atomic E-state index is -4.25. The molecule has 1 fully saturated rings. The van der Waals surface area contributed by atoms with Gasteiger partial charge in [0.15, 0.2) is 12.5 Å². The summed E-state index contributed by atoms with van der Waals surface area (Å²) in [5.41, 5.74) is -0.869. The van der Waals surface area contributed by atoms with Crippen molar-refractivity contribution in [1.82, 2.24) is 14.6 Å². The first kappa shape index (κ1) is 29.4. The van der Waals surface area contributed by atoms with Crippen LogP contribution in [0.5, 0.6) is 5.75 Å². The average molecular weight is 580 g/mol. The van der Waals surface area contributed by atoms with Crippen LogP contribution in [0.2, 0.25) is 10.0 Å². The lowest BCUT2D eigenvalue weighted by Gasteiger charge is -2.24. The number of halogens is 2. The van der Waals surface area contributed by atoms with Gasteiger partial charge in [0, 0.05) is 16.8 Å². The molecular formula is C22H28Cl2N3O9P. The number of rotatable bonds is 12. The van der Waals surface area contributed by atoms with Crippen molar-refractivity contribution < 1.29 is 32.6 Å². The van der Waals surface area contributed by atoms with Crippen LogP contribution in [0.25, 0.3) is 0 Å². The van der Waals surface area contributed by atoms with E-state index in [9.17, 15) is 18.9 Å². The Morgan fingerprint density at radius 3 is 2.81 bits per heavy atom. The molecule has 2 unspecified atom stereocenters. The first-order chi connectivity index (χ1) is 17.5. The molecule has 0 aliphatic carbocycles. The topological polar surface area (TPSA) is 147 Å². The van der Waals surface area contributed by atoms with E-state index >= 15 is 0 Å². The van der Waals surface area contributed by atoms with Gasteiger partial charge in [0.25, 0.3) is 5.56 Å². The fourth-order valence-electron chi connectivity index (χ4n) is 3.14. The molecule has 0 saturated carbocycles. The molecule has 1 aromatic heterocycles. The number of aromatic nitrogens is 2. The van der Waals surface area contributed by atoms with Crippen molar-refractivity contribution in [3.05, 3.63) is 60.8 Å². The number of hydrogen-bond donors (Lipinski definition) is 2. The van der Waals surface area contributed by atoms with E-state index < -0.39 is 50.1 Å². The molecule has 1 aliphatic rings. The number of aromatic amines is 1. The Balaban J connectivity index is 1.71. The SMILES string of the molecule is CCCCOC(=O)C(C)NP(=O)(OC[C@@H]1OC[C@H](n2cc(C)c(=O)[nH]c2=O)O1)Oc1ccc(Cl)cc1Cl. The Morgan fingerprint density at radius 1 is 1.35 bits per heavy atom. The number of carbonyl (C=O) groups is 1. The van der Waals surface area contributed by atoms with Crippen LogP contribution in [-0.4, -0.2) is 47.7 Å². The van der Waals surface area contributed by atoms with E-state index in [0.29, 0.717) is 17.0 Å². The summed E-state index contributed by atoms with van der Waals surface area (Å²) in [6.07, 6.45) is 0.960. The number of ether oxygens (including phenoxy) is 3. The normalized spacial score (nSPS) is 19.8. The standard InChI is InChI=1S/C22H28Cl2N3O9P/c1-4-5-8-32-21(29)14(3)26-37(31,36-17-7-6-15(23)9-16(17)24)34-12-19-33-11-18(35-19)27-10-13(2)20(28)25-22(27)30/h6-7,9-10,14,18-19H,4-5,8,11-12H2,1-3H3,(H,26,31)(H,25,28,30)/t14?,18-,19-,37?/m1/s1. The zero-order valence-corrected chi connectivity index (χ0v) is 22.8. The molecule has 12 nitrogen and oxygen atoms in total. The van der Waals surface area contributed by atoms with Crippen LogP contribution in [0, 0.1) is 6.92 Å². The molecule has 3 rings (SSSR count). The van der Waals surface area contributed by atoms with Gasteiger partial charge in [0.1, 0.15) is 18.4 Å². The maximum atomic E-state index is 13.6. The fourth-order valence-corrected chi connectivity index (χ4v) is 5.13. The van der Waals surface area contributed by atoms with Crippen molar-refractivity contribution in [1.29, 1.82) is 0 Å². The molecule has 0 spiro atoms. The van der Waals surface area contributed by atoms with Crippen LogP contribution in [0.1, 0.15) is 38.5 Å². The lowest BCUT2D eigenvalue weighted by Crippen LogP contribution is -2.36. The molecule has 37 heavy (non-hydrogen) atoms. The van der Waals surface area contributed by atoms with Crippen LogP contribution in [0.15, 0.2) is 34.0 Å². The summed E-state index contributed by atoms with van der Waals surface area (Å²) in [6.45, 7) is 4.71. The second-order valence-corrected chi connectivity index (χ2v) is 10.7. The predicted octanol–water partition coefficient (Wildman–Crippen LogP) is 3.55. The number of hydrogen-bond acceptors (Lipinski definition) is 9. The Bertz CT molecular complexity index is 1270. The summed E-state index contributed by atoms with van der Waals surface area (Å²) in [6, 6.07) is 3.21. The summed E-state index contributed by atoms with van der Waals surface area (Å²) in [5.74, 6) is -0.654. The summed E-state index contributed by atoms with van der Waals surface area (Å²) in [7, 11) is -4.25. The highest BCUT2D eigenvalue weighted by Crippen LogP contribution is 2.47. The zero-order valence-electron chi connectivity index (χ0n) is 20.4. The first-order valence-electron chi connectivity index (χ1n) is 11.4. The molecule has 0 amide bonds. The largest absolute Gasteiger partial charge is 0.465 e. The number of nitrogens with one attached hydrogen (secondary N) is 2. The van der Waals surface area contributed by atoms with Crippen molar-refractivity contribution >= 4 is 36.9 Å². The number of esters is 1. The molecule has 1 aromatic carbocycles. The quantitative estimate of drug-likeness (QED) is 0.217. The van der Waals surface area contributed by atoms with Crippen LogP contribution in [0.3, 0.4) is 0 Å². The van der Waals surface area contributed by atoms with Gasteiger partial charge in [-0.1, -0.05) is 36.5 Å². The van der Waals surface area contributed by atoms with Crippen molar-refractivity contribution in [2.45, 2.75) is 52.2 Å². The monoisotopic (exact) mass is 579 g/mol. The van der Waals surface area contributed by atoms with E-state index in [2.05, 4.69) is 10.1 Å². The van der Waals surface area contributed by atoms with E-state index in [1.54, 1.807) is 6.92 Å². The molecule has 204 valence electrons. The molecule has 1 saturated heterocycles. The maximum absolute atomic E-state index is 13.6. The van der Waals surface area contributed by atoms with Crippen molar-refractivity contribution in [2.75, 3.05) is 19.8 Å². The van der Waals surface area contributed by atoms with Gasteiger partial charge < -0.3 is 18.7 Å². The lowest BCUT2D eigenvalue weighted by atomic mass is 10.3. The van der Waals surface area contributed by atoms with E-state index in [-0.39, 0.29) is 24.0 Å². The maximum Gasteiger partial charge on any atom is 0.459 e. The molecular weight excluding hydrogens is 552 g/mol. The van der Waals surface area contributed by atoms with Crippen LogP contribution in [-0.2, 0) is 28.1 Å². The van der Waals surface area contributed by atoms with Gasteiger partial charge in [0.2, 0.25) is 0 Å². The smallest absolute Gasteiger partial charge is 0.459 e. The summed E-state index contributed by atoms with van der Waals surface area (Å²) < 4.78 is 42.3. The second kappa shape index (κ2) is 13.1. The molecule has 2 N–H and O–H groups in total. The minimum absolute atomic E-state index is 0.00477. The van der Waals surface area contributed by atoms with Gasteiger partial charge in [-0.3, -0.25) is 23.7 Å². The predicted molar refractivity (Wildman–Crippen MR) is 135 cm³/mol. The van der Waals surface area contributed by atoms with Gasteiger partial charge in [-0.2, -0.15) is 5.09 Å². The number of carbonyl (C=O) groups excluding carboxylic acids is 1. The Hall–Kier alpha value is -2.18. The molecule has 2 aromatic rings. The lowest BCUT2D eigenvalue weighted by molar-refractivity contribution is -0.145. The third-order valence-electron chi connectivity index (χ3n) is 5.13. The van der Waals surface area contributed by atoms with Crippen molar-refractivity contribution in [3.63, 3.8) is 0 Å². The van der Waals surface area contributed by atoms with E-state index in [4.69, 9.17) is 46.5 Å². The van der Waals surface area contributed by atoms with Crippen LogP contribution in [0.4, 0.5) is 0 Å². The molecule has 2 heterocycles. The minimum Gasteiger partial charge on any atom is -0.465 e. The third-order valence-corrected chi connectivity index (χ3v) is 7.29. The molecule has 1 aliphatic heterocycles. The van der Waals surface area contributed by atoms with Crippen molar-refractivity contribution in [2.24, 2.45) is 0 Å². The highest BCUT2D eigenvalue weighted by atomic mass is 35.5. The Labute approximate surface area is 222 Å². The number of benzene rings is 1. The third kappa shape index (κ3) is 8.15. The van der Waals surface area contributed by atoms with Crippen LogP contribution < -0.4 is 20.9 Å². The van der Waals surface area contributed by atoms with Gasteiger partial charge in [0.05, 0.1) is 18.2 Å². The number of H-pyrrole nitrogens is 1. The summed E-state index contributed by atoms with van der Waals surface area (Å²) in [4.78, 5) is 38.3.